The predicted molar refractivity (Wildman–Crippen MR) is 97.9 cm³/mol. The van der Waals surface area contributed by atoms with E-state index < -0.39 is 0 Å². The molecule has 134 valence electrons. The molecule has 1 aromatic heterocycles. The van der Waals surface area contributed by atoms with Crippen LogP contribution in [0.5, 0.6) is 5.75 Å². The van der Waals surface area contributed by atoms with Crippen molar-refractivity contribution >= 4 is 16.7 Å². The summed E-state index contributed by atoms with van der Waals surface area (Å²) in [6.45, 7) is 3.49. The van der Waals surface area contributed by atoms with Gasteiger partial charge in [-0.05, 0) is 43.4 Å². The van der Waals surface area contributed by atoms with Gasteiger partial charge in [0.2, 0.25) is 0 Å². The molecule has 1 aliphatic carbocycles. The predicted octanol–water partition coefficient (Wildman–Crippen LogP) is 2.24. The van der Waals surface area contributed by atoms with E-state index in [-0.39, 0.29) is 18.1 Å². The Bertz CT molecular complexity index is 825. The third-order valence-electron chi connectivity index (χ3n) is 4.48. The number of ether oxygens (including phenoxy) is 1. The van der Waals surface area contributed by atoms with E-state index in [2.05, 4.69) is 12.2 Å². The number of carbonyl (C=O) groups excluding carboxylic acids is 1. The Kier molecular flexibility index (Phi) is 5.38. The van der Waals surface area contributed by atoms with E-state index in [0.29, 0.717) is 34.6 Å². The molecule has 1 aromatic carbocycles. The summed E-state index contributed by atoms with van der Waals surface area (Å²) in [5.74, 6) is 0.991. The van der Waals surface area contributed by atoms with Gasteiger partial charge in [-0.25, -0.2) is 0 Å². The van der Waals surface area contributed by atoms with Crippen LogP contribution in [0.15, 0.2) is 29.2 Å². The Hall–Kier alpha value is -2.34. The first kappa shape index (κ1) is 17.5. The van der Waals surface area contributed by atoms with Crippen LogP contribution in [-0.4, -0.2) is 23.7 Å². The number of hydrogen-bond acceptors (Lipinski definition) is 4. The summed E-state index contributed by atoms with van der Waals surface area (Å²) in [4.78, 5) is 24.8. The average molecular weight is 343 g/mol. The van der Waals surface area contributed by atoms with E-state index in [1.54, 1.807) is 29.0 Å². The van der Waals surface area contributed by atoms with Gasteiger partial charge >= 0.3 is 0 Å². The Labute approximate surface area is 147 Å². The molecule has 0 unspecified atom stereocenters. The second kappa shape index (κ2) is 7.70. The third kappa shape index (κ3) is 4.02. The molecule has 1 fully saturated rings. The van der Waals surface area contributed by atoms with Crippen LogP contribution < -0.4 is 21.3 Å². The molecule has 0 spiro atoms. The van der Waals surface area contributed by atoms with Crippen molar-refractivity contribution in [2.24, 2.45) is 11.7 Å². The minimum atomic E-state index is -0.258. The quantitative estimate of drug-likeness (QED) is 0.568. The summed E-state index contributed by atoms with van der Waals surface area (Å²) in [6, 6.07) is 5.08. The van der Waals surface area contributed by atoms with Crippen LogP contribution in [0.1, 0.15) is 43.0 Å². The van der Waals surface area contributed by atoms with Gasteiger partial charge in [0, 0.05) is 23.7 Å². The van der Waals surface area contributed by atoms with Crippen molar-refractivity contribution in [1.82, 2.24) is 9.88 Å². The maximum Gasteiger partial charge on any atom is 0.258 e. The molecule has 0 saturated heterocycles. The molecule has 0 aliphatic heterocycles. The lowest BCUT2D eigenvalue weighted by molar-refractivity contribution is 0.0955. The summed E-state index contributed by atoms with van der Waals surface area (Å²) < 4.78 is 7.69. The van der Waals surface area contributed by atoms with Crippen molar-refractivity contribution in [1.29, 1.82) is 0 Å². The highest BCUT2D eigenvalue weighted by atomic mass is 16.5. The highest BCUT2D eigenvalue weighted by Gasteiger charge is 2.23. The number of unbranched alkanes of at least 4 members (excludes halogenated alkanes) is 1. The maximum absolute atomic E-state index is 12.8. The topological polar surface area (TPSA) is 86.3 Å². The van der Waals surface area contributed by atoms with E-state index in [1.807, 2.05) is 0 Å². The SMILES string of the molecule is CCCCOc1cn(CC2CC2)c(=O)c2ccc(C(=O)NCN)cc12. The molecule has 6 heteroatoms. The van der Waals surface area contributed by atoms with Gasteiger partial charge < -0.3 is 20.4 Å². The number of amides is 1. The summed E-state index contributed by atoms with van der Waals surface area (Å²) in [5.41, 5.74) is 5.81. The molecule has 0 atom stereocenters. The number of pyridine rings is 1. The summed E-state index contributed by atoms with van der Waals surface area (Å²) >= 11 is 0. The van der Waals surface area contributed by atoms with Crippen molar-refractivity contribution in [3.05, 3.63) is 40.3 Å². The number of carbonyl (C=O) groups is 1. The lowest BCUT2D eigenvalue weighted by Crippen LogP contribution is -2.29. The van der Waals surface area contributed by atoms with Crippen LogP contribution in [0.4, 0.5) is 0 Å². The van der Waals surface area contributed by atoms with Crippen molar-refractivity contribution < 1.29 is 9.53 Å². The molecule has 3 N–H and O–H groups in total. The highest BCUT2D eigenvalue weighted by Crippen LogP contribution is 2.31. The van der Waals surface area contributed by atoms with Gasteiger partial charge in [0.15, 0.2) is 0 Å². The minimum absolute atomic E-state index is 0.0319. The van der Waals surface area contributed by atoms with Gasteiger partial charge in [-0.3, -0.25) is 9.59 Å². The van der Waals surface area contributed by atoms with Gasteiger partial charge in [0.05, 0.1) is 18.7 Å². The van der Waals surface area contributed by atoms with E-state index >= 15 is 0 Å². The molecule has 1 saturated carbocycles. The zero-order valence-electron chi connectivity index (χ0n) is 14.6. The largest absolute Gasteiger partial charge is 0.491 e. The number of fused-ring (bicyclic) bond motifs is 1. The molecule has 1 amide bonds. The van der Waals surface area contributed by atoms with Crippen LogP contribution in [0.2, 0.25) is 0 Å². The lowest BCUT2D eigenvalue weighted by Gasteiger charge is -2.14. The maximum atomic E-state index is 12.8. The number of nitrogens with two attached hydrogens (primary N) is 1. The molecule has 1 heterocycles. The fourth-order valence-electron chi connectivity index (χ4n) is 2.85. The van der Waals surface area contributed by atoms with E-state index in [9.17, 15) is 9.59 Å². The number of nitrogens with zero attached hydrogens (tertiary/aromatic N) is 1. The van der Waals surface area contributed by atoms with Crippen LogP contribution in [0, 0.1) is 5.92 Å². The van der Waals surface area contributed by atoms with E-state index in [4.69, 9.17) is 10.5 Å². The fourth-order valence-corrected chi connectivity index (χ4v) is 2.85. The molecular formula is C19H25N3O3. The van der Waals surface area contributed by atoms with Gasteiger partial charge in [0.1, 0.15) is 5.75 Å². The number of hydrogen-bond donors (Lipinski definition) is 2. The van der Waals surface area contributed by atoms with E-state index in [1.165, 1.54) is 12.8 Å². The second-order valence-electron chi connectivity index (χ2n) is 6.57. The summed E-state index contributed by atoms with van der Waals surface area (Å²) in [7, 11) is 0. The van der Waals surface area contributed by atoms with Crippen molar-refractivity contribution in [2.75, 3.05) is 13.3 Å². The van der Waals surface area contributed by atoms with Gasteiger partial charge in [-0.2, -0.15) is 0 Å². The smallest absolute Gasteiger partial charge is 0.258 e. The Balaban J connectivity index is 2.04. The van der Waals surface area contributed by atoms with E-state index in [0.717, 1.165) is 19.4 Å². The Morgan fingerprint density at radius 1 is 1.36 bits per heavy atom. The summed E-state index contributed by atoms with van der Waals surface area (Å²) in [5, 5.41) is 3.83. The fraction of sp³-hybridized carbons (Fsp3) is 0.474. The highest BCUT2D eigenvalue weighted by molar-refractivity contribution is 5.99. The molecule has 6 nitrogen and oxygen atoms in total. The van der Waals surface area contributed by atoms with Crippen molar-refractivity contribution in [2.45, 2.75) is 39.2 Å². The molecular weight excluding hydrogens is 318 g/mol. The van der Waals surface area contributed by atoms with Crippen LogP contribution in [-0.2, 0) is 6.54 Å². The number of aromatic nitrogens is 1. The van der Waals surface area contributed by atoms with Crippen LogP contribution in [0.3, 0.4) is 0 Å². The first-order chi connectivity index (χ1) is 12.1. The molecule has 1 aliphatic rings. The number of benzene rings is 1. The van der Waals surface area contributed by atoms with Crippen LogP contribution >= 0.6 is 0 Å². The minimum Gasteiger partial charge on any atom is -0.491 e. The van der Waals surface area contributed by atoms with Crippen molar-refractivity contribution in [3.63, 3.8) is 0 Å². The lowest BCUT2D eigenvalue weighted by atomic mass is 10.1. The Morgan fingerprint density at radius 2 is 2.16 bits per heavy atom. The first-order valence-corrected chi connectivity index (χ1v) is 8.92. The number of rotatable bonds is 8. The summed E-state index contributed by atoms with van der Waals surface area (Å²) in [6.07, 6.45) is 6.12. The average Bonchev–Trinajstić information content (AvgIpc) is 3.42. The zero-order valence-corrected chi connectivity index (χ0v) is 14.6. The second-order valence-corrected chi connectivity index (χ2v) is 6.57. The first-order valence-electron chi connectivity index (χ1n) is 8.92. The standard InChI is InChI=1S/C19H25N3O3/c1-2-3-8-25-17-11-22(10-13-4-5-13)19(24)15-7-6-14(9-16(15)17)18(23)21-12-20/h6-7,9,11,13H,2-5,8,10,12,20H2,1H3,(H,21,23). The molecule has 0 radical (unpaired) electrons. The van der Waals surface area contributed by atoms with Crippen molar-refractivity contribution in [3.8, 4) is 5.75 Å². The van der Waals surface area contributed by atoms with Gasteiger partial charge in [0.25, 0.3) is 11.5 Å². The Morgan fingerprint density at radius 3 is 2.84 bits per heavy atom. The number of nitrogens with one attached hydrogen (secondary N) is 1. The van der Waals surface area contributed by atoms with Crippen LogP contribution in [0.25, 0.3) is 10.8 Å². The van der Waals surface area contributed by atoms with Gasteiger partial charge in [-0.15, -0.1) is 0 Å². The monoisotopic (exact) mass is 343 g/mol. The zero-order chi connectivity index (χ0) is 17.8. The third-order valence-corrected chi connectivity index (χ3v) is 4.48. The molecule has 0 bridgehead atoms. The normalized spacial score (nSPS) is 13.8. The molecule has 2 aromatic rings. The molecule has 3 rings (SSSR count). The van der Waals surface area contributed by atoms with Gasteiger partial charge in [-0.1, -0.05) is 13.3 Å². The molecule has 25 heavy (non-hydrogen) atoms.